The minimum absolute atomic E-state index is 0.0402. The molecule has 2 N–H and O–H groups in total. The highest BCUT2D eigenvalue weighted by Gasteiger charge is 2.52. The second-order valence-electron chi connectivity index (χ2n) is 13.9. The average Bonchev–Trinajstić information content (AvgIpc) is 3.50. The van der Waals surface area contributed by atoms with Crippen LogP contribution in [0, 0.1) is 0 Å². The molecule has 5 amide bonds. The number of carbonyl (C=O) groups excluding carboxylic acids is 4. The summed E-state index contributed by atoms with van der Waals surface area (Å²) < 4.78 is 5.36. The van der Waals surface area contributed by atoms with Crippen LogP contribution in [0.4, 0.5) is 15.3 Å². The van der Waals surface area contributed by atoms with Crippen molar-refractivity contribution in [3.8, 4) is 0 Å². The number of carbonyl (C=O) groups is 4. The third-order valence-corrected chi connectivity index (χ3v) is 9.91. The monoisotopic (exact) mass is 724 g/mol. The smallest absolute Gasteiger partial charge is 0.411 e. The number of fused-ring (bicyclic) bond motifs is 2. The summed E-state index contributed by atoms with van der Waals surface area (Å²) in [5.74, 6) is -0.380. The van der Waals surface area contributed by atoms with Crippen LogP contribution >= 0.6 is 0 Å². The number of amides is 5. The van der Waals surface area contributed by atoms with Crippen LogP contribution in [0.1, 0.15) is 36.1 Å². The molecule has 0 radical (unpaired) electrons. The Kier molecular flexibility index (Phi) is 10.9. The van der Waals surface area contributed by atoms with Gasteiger partial charge in [-0.15, -0.1) is 0 Å². The van der Waals surface area contributed by atoms with Gasteiger partial charge in [0, 0.05) is 31.2 Å². The van der Waals surface area contributed by atoms with Gasteiger partial charge in [0.05, 0.1) is 13.1 Å². The molecule has 2 atom stereocenters. The molecule has 0 aromatic heterocycles. The lowest BCUT2D eigenvalue weighted by Crippen LogP contribution is -2.66. The Morgan fingerprint density at radius 3 is 2.19 bits per heavy atom. The number of rotatable bonds is 11. The van der Waals surface area contributed by atoms with Crippen molar-refractivity contribution in [3.63, 3.8) is 0 Å². The van der Waals surface area contributed by atoms with Crippen LogP contribution < -0.4 is 10.6 Å². The van der Waals surface area contributed by atoms with Gasteiger partial charge in [-0.3, -0.25) is 19.9 Å². The normalized spacial score (nSPS) is 17.1. The van der Waals surface area contributed by atoms with E-state index in [1.165, 1.54) is 0 Å². The molecule has 2 aliphatic rings. The minimum atomic E-state index is -0.813. The summed E-state index contributed by atoms with van der Waals surface area (Å²) in [5.41, 5.74) is 4.20. The Hall–Kier alpha value is -6.20. The van der Waals surface area contributed by atoms with Crippen molar-refractivity contribution in [2.24, 2.45) is 0 Å². The molecular formula is C43H44N6O5. The van der Waals surface area contributed by atoms with Crippen LogP contribution in [0.2, 0.25) is 0 Å². The van der Waals surface area contributed by atoms with Gasteiger partial charge in [0.15, 0.2) is 0 Å². The molecule has 7 rings (SSSR count). The molecule has 54 heavy (non-hydrogen) atoms. The first-order valence-electron chi connectivity index (χ1n) is 18.3. The predicted molar refractivity (Wildman–Crippen MR) is 207 cm³/mol. The van der Waals surface area contributed by atoms with Crippen LogP contribution in [-0.2, 0) is 40.4 Å². The van der Waals surface area contributed by atoms with Gasteiger partial charge in [-0.05, 0) is 59.0 Å². The van der Waals surface area contributed by atoms with Gasteiger partial charge in [-0.1, -0.05) is 115 Å². The number of urea groups is 1. The van der Waals surface area contributed by atoms with Gasteiger partial charge < -0.3 is 19.9 Å². The fourth-order valence-corrected chi connectivity index (χ4v) is 7.33. The van der Waals surface area contributed by atoms with Crippen LogP contribution in [-0.4, -0.2) is 75.1 Å². The first kappa shape index (κ1) is 36.2. The number of nitrogens with zero attached hydrogens (tertiary/aromatic N) is 4. The van der Waals surface area contributed by atoms with E-state index in [2.05, 4.69) is 28.8 Å². The highest BCUT2D eigenvalue weighted by atomic mass is 16.5. The van der Waals surface area contributed by atoms with Crippen molar-refractivity contribution >= 4 is 40.4 Å². The fourth-order valence-electron chi connectivity index (χ4n) is 7.33. The largest absolute Gasteiger partial charge is 0.444 e. The molecule has 5 aromatic carbocycles. The van der Waals surface area contributed by atoms with E-state index < -0.39 is 18.3 Å². The van der Waals surface area contributed by atoms with Crippen LogP contribution in [0.5, 0.6) is 0 Å². The van der Waals surface area contributed by atoms with Crippen molar-refractivity contribution < 1.29 is 23.9 Å². The lowest BCUT2D eigenvalue weighted by Gasteiger charge is -2.47. The van der Waals surface area contributed by atoms with E-state index in [0.29, 0.717) is 18.8 Å². The fraction of sp³-hybridized carbons (Fsp3) is 0.256. The number of anilines is 1. The van der Waals surface area contributed by atoms with E-state index in [1.807, 2.05) is 121 Å². The van der Waals surface area contributed by atoms with Gasteiger partial charge in [0.1, 0.15) is 18.8 Å². The molecule has 0 saturated carbocycles. The van der Waals surface area contributed by atoms with Crippen molar-refractivity contribution in [2.45, 2.75) is 58.2 Å². The molecule has 0 unspecified atom stereocenters. The topological polar surface area (TPSA) is 115 Å². The highest BCUT2D eigenvalue weighted by Crippen LogP contribution is 2.32. The molecule has 2 aliphatic heterocycles. The maximum absolute atomic E-state index is 14.5. The summed E-state index contributed by atoms with van der Waals surface area (Å²) in [5, 5.41) is 11.4. The van der Waals surface area contributed by atoms with Crippen molar-refractivity contribution in [2.75, 3.05) is 18.4 Å². The molecule has 2 saturated heterocycles. The van der Waals surface area contributed by atoms with E-state index >= 15 is 0 Å². The van der Waals surface area contributed by atoms with E-state index in [4.69, 9.17) is 4.74 Å². The van der Waals surface area contributed by atoms with Crippen LogP contribution in [0.3, 0.4) is 0 Å². The molecule has 0 aliphatic carbocycles. The first-order valence-corrected chi connectivity index (χ1v) is 18.3. The second-order valence-corrected chi connectivity index (χ2v) is 13.9. The lowest BCUT2D eigenvalue weighted by atomic mass is 9.98. The predicted octanol–water partition coefficient (Wildman–Crippen LogP) is 6.55. The van der Waals surface area contributed by atoms with E-state index in [9.17, 15) is 19.2 Å². The maximum Gasteiger partial charge on any atom is 0.411 e. The van der Waals surface area contributed by atoms with E-state index in [0.717, 1.165) is 33.0 Å². The van der Waals surface area contributed by atoms with Gasteiger partial charge in [0.2, 0.25) is 11.8 Å². The number of hydrazine groups is 1. The average molecular weight is 725 g/mol. The summed E-state index contributed by atoms with van der Waals surface area (Å²) in [6.07, 6.45) is -0.895. The third-order valence-electron chi connectivity index (χ3n) is 9.91. The zero-order valence-electron chi connectivity index (χ0n) is 30.4. The van der Waals surface area contributed by atoms with Crippen molar-refractivity contribution in [1.29, 1.82) is 0 Å². The van der Waals surface area contributed by atoms with Crippen LogP contribution in [0.25, 0.3) is 10.8 Å². The number of piperazine rings is 1. The number of hydrogen-bond donors (Lipinski definition) is 2. The Morgan fingerprint density at radius 2 is 1.46 bits per heavy atom. The van der Waals surface area contributed by atoms with Crippen molar-refractivity contribution in [3.05, 3.63) is 150 Å². The Morgan fingerprint density at radius 1 is 0.796 bits per heavy atom. The minimum Gasteiger partial charge on any atom is -0.444 e. The Labute approximate surface area is 315 Å². The van der Waals surface area contributed by atoms with Crippen molar-refractivity contribution in [1.82, 2.24) is 25.1 Å². The molecular weight excluding hydrogens is 681 g/mol. The van der Waals surface area contributed by atoms with E-state index in [1.54, 1.807) is 22.0 Å². The van der Waals surface area contributed by atoms with Gasteiger partial charge >= 0.3 is 12.1 Å². The molecule has 5 aromatic rings. The molecule has 11 heteroatoms. The zero-order chi connectivity index (χ0) is 37.6. The molecule has 0 spiro atoms. The SMILES string of the molecule is CC(C)N(C(=O)NCc1ccccc1)N1CC(=O)N2[C@@H](Cc3ccc(NC(=O)OCc4ccccc4)cc3)C(=O)N(Cc3cccc4ccccc34)C[C@@H]21. The molecule has 2 fully saturated rings. The maximum atomic E-state index is 14.5. The second kappa shape index (κ2) is 16.2. The summed E-state index contributed by atoms with van der Waals surface area (Å²) >= 11 is 0. The number of hydrogen-bond acceptors (Lipinski definition) is 6. The highest BCUT2D eigenvalue weighted by molar-refractivity contribution is 5.92. The molecule has 2 heterocycles. The zero-order valence-corrected chi connectivity index (χ0v) is 30.4. The standard InChI is InChI=1S/C43H44N6O5/c1-30(2)49(42(52)44-25-32-12-5-3-6-13-32)47-28-40(50)48-38(24-31-20-22-36(23-21-31)45-43(53)54-29-33-14-7-4-8-15-33)41(51)46(27-39(47)48)26-35-18-11-17-34-16-9-10-19-37(34)35/h3-23,30,38-39H,24-29H2,1-2H3,(H,44,52)(H,45,53)/t38-,39+/m0/s1. The quantitative estimate of drug-likeness (QED) is 0.160. The Bertz CT molecular complexity index is 2100. The Balaban J connectivity index is 1.13. The summed E-state index contributed by atoms with van der Waals surface area (Å²) in [7, 11) is 0. The summed E-state index contributed by atoms with van der Waals surface area (Å²) in [4.78, 5) is 58.3. The van der Waals surface area contributed by atoms with E-state index in [-0.39, 0.29) is 50.0 Å². The molecule has 276 valence electrons. The summed E-state index contributed by atoms with van der Waals surface area (Å²) in [6.45, 7) is 4.86. The number of nitrogens with one attached hydrogen (secondary N) is 2. The first-order chi connectivity index (χ1) is 26.2. The summed E-state index contributed by atoms with van der Waals surface area (Å²) in [6, 6.07) is 39.1. The number of ether oxygens (including phenoxy) is 1. The molecule has 11 nitrogen and oxygen atoms in total. The van der Waals surface area contributed by atoms with Gasteiger partial charge in [0.25, 0.3) is 0 Å². The van der Waals surface area contributed by atoms with Gasteiger partial charge in [-0.2, -0.15) is 5.01 Å². The third kappa shape index (κ3) is 8.06. The number of benzene rings is 5. The molecule has 0 bridgehead atoms. The lowest BCUT2D eigenvalue weighted by molar-refractivity contribution is -0.158. The van der Waals surface area contributed by atoms with Crippen LogP contribution in [0.15, 0.2) is 127 Å². The van der Waals surface area contributed by atoms with Gasteiger partial charge in [-0.25, -0.2) is 9.59 Å².